The summed E-state index contributed by atoms with van der Waals surface area (Å²) < 4.78 is 10.4. The predicted molar refractivity (Wildman–Crippen MR) is 88.4 cm³/mol. The van der Waals surface area contributed by atoms with E-state index in [9.17, 15) is 9.59 Å². The molecule has 0 atom stereocenters. The van der Waals surface area contributed by atoms with Crippen molar-refractivity contribution >= 4 is 11.8 Å². The van der Waals surface area contributed by atoms with Crippen LogP contribution in [-0.4, -0.2) is 44.1 Å². The molecule has 0 aliphatic rings. The molecule has 1 aromatic heterocycles. The Bertz CT molecular complexity index is 704. The Kier molecular flexibility index (Phi) is 6.13. The molecule has 7 heteroatoms. The number of carbonyl (C=O) groups is 2. The summed E-state index contributed by atoms with van der Waals surface area (Å²) in [6.45, 7) is 0.580. The lowest BCUT2D eigenvalue weighted by Crippen LogP contribution is -2.34. The number of amides is 2. The van der Waals surface area contributed by atoms with Gasteiger partial charge in [0.2, 0.25) is 0 Å². The largest absolute Gasteiger partial charge is 0.493 e. The fourth-order valence-corrected chi connectivity index (χ4v) is 2.11. The first-order valence-electron chi connectivity index (χ1n) is 7.34. The third-order valence-corrected chi connectivity index (χ3v) is 3.27. The molecule has 24 heavy (non-hydrogen) atoms. The molecule has 1 heterocycles. The Labute approximate surface area is 140 Å². The standard InChI is InChI=1S/C17H19N3O4/c1-23-14-7-3-6-13(15(14)24-2)17(22)20-10-9-19-16(21)12-5-4-8-18-11-12/h3-8,11H,9-10H2,1-2H3,(H,19,21)(H,20,22). The van der Waals surface area contributed by atoms with E-state index < -0.39 is 0 Å². The number of rotatable bonds is 7. The minimum atomic E-state index is -0.304. The average Bonchev–Trinajstić information content (AvgIpc) is 2.64. The molecule has 1 aromatic carbocycles. The number of pyridine rings is 1. The van der Waals surface area contributed by atoms with Crippen LogP contribution in [0.25, 0.3) is 0 Å². The van der Waals surface area contributed by atoms with Crippen LogP contribution in [0.4, 0.5) is 0 Å². The van der Waals surface area contributed by atoms with Gasteiger partial charge in [0.15, 0.2) is 11.5 Å². The van der Waals surface area contributed by atoms with Gasteiger partial charge in [0.25, 0.3) is 11.8 Å². The Balaban J connectivity index is 1.87. The molecule has 2 aromatic rings. The van der Waals surface area contributed by atoms with Gasteiger partial charge in [0.1, 0.15) is 0 Å². The van der Waals surface area contributed by atoms with Crippen LogP contribution in [0.15, 0.2) is 42.7 Å². The molecule has 0 aliphatic heterocycles. The van der Waals surface area contributed by atoms with Crippen LogP contribution in [0.3, 0.4) is 0 Å². The summed E-state index contributed by atoms with van der Waals surface area (Å²) in [4.78, 5) is 28.0. The molecule has 0 saturated carbocycles. The van der Waals surface area contributed by atoms with E-state index >= 15 is 0 Å². The van der Waals surface area contributed by atoms with E-state index in [0.29, 0.717) is 29.2 Å². The molecule has 0 fully saturated rings. The minimum Gasteiger partial charge on any atom is -0.493 e. The maximum Gasteiger partial charge on any atom is 0.255 e. The first-order valence-corrected chi connectivity index (χ1v) is 7.34. The zero-order valence-electron chi connectivity index (χ0n) is 13.5. The molecule has 0 unspecified atom stereocenters. The van der Waals surface area contributed by atoms with Gasteiger partial charge in [-0.05, 0) is 24.3 Å². The maximum absolute atomic E-state index is 12.2. The number of benzene rings is 1. The van der Waals surface area contributed by atoms with Gasteiger partial charge in [-0.3, -0.25) is 14.6 Å². The van der Waals surface area contributed by atoms with Gasteiger partial charge in [-0.1, -0.05) is 6.07 Å². The van der Waals surface area contributed by atoms with Crippen molar-refractivity contribution in [1.29, 1.82) is 0 Å². The van der Waals surface area contributed by atoms with Crippen molar-refractivity contribution in [3.8, 4) is 11.5 Å². The Hall–Kier alpha value is -3.09. The Morgan fingerprint density at radius 3 is 2.38 bits per heavy atom. The fraction of sp³-hybridized carbons (Fsp3) is 0.235. The average molecular weight is 329 g/mol. The molecule has 2 amide bonds. The number of hydrogen-bond donors (Lipinski definition) is 2. The van der Waals surface area contributed by atoms with Crippen LogP contribution in [0.1, 0.15) is 20.7 Å². The molecule has 7 nitrogen and oxygen atoms in total. The lowest BCUT2D eigenvalue weighted by molar-refractivity contribution is 0.0925. The topological polar surface area (TPSA) is 89.6 Å². The van der Waals surface area contributed by atoms with E-state index in [4.69, 9.17) is 9.47 Å². The highest BCUT2D eigenvalue weighted by molar-refractivity contribution is 5.98. The van der Waals surface area contributed by atoms with Gasteiger partial charge < -0.3 is 20.1 Å². The quantitative estimate of drug-likeness (QED) is 0.747. The second kappa shape index (κ2) is 8.52. The Morgan fingerprint density at radius 1 is 1.00 bits per heavy atom. The smallest absolute Gasteiger partial charge is 0.255 e. The summed E-state index contributed by atoms with van der Waals surface area (Å²) in [6.07, 6.45) is 3.08. The van der Waals surface area contributed by atoms with E-state index in [1.807, 2.05) is 0 Å². The molecular weight excluding hydrogens is 310 g/mol. The molecule has 2 N–H and O–H groups in total. The molecule has 126 valence electrons. The summed E-state index contributed by atoms with van der Waals surface area (Å²) in [5.41, 5.74) is 0.841. The number of methoxy groups -OCH3 is 2. The third-order valence-electron chi connectivity index (χ3n) is 3.27. The number of ether oxygens (including phenoxy) is 2. The van der Waals surface area contributed by atoms with Gasteiger partial charge in [-0.2, -0.15) is 0 Å². The third kappa shape index (κ3) is 4.22. The lowest BCUT2D eigenvalue weighted by atomic mass is 10.1. The van der Waals surface area contributed by atoms with E-state index in [1.54, 1.807) is 36.5 Å². The summed E-state index contributed by atoms with van der Waals surface area (Å²) in [7, 11) is 2.98. The Morgan fingerprint density at radius 2 is 1.75 bits per heavy atom. The van der Waals surface area contributed by atoms with Crippen LogP contribution in [0, 0.1) is 0 Å². The second-order valence-corrected chi connectivity index (χ2v) is 4.79. The zero-order valence-corrected chi connectivity index (χ0v) is 13.5. The summed E-state index contributed by atoms with van der Waals surface area (Å²) in [5, 5.41) is 5.43. The SMILES string of the molecule is COc1cccc(C(=O)NCCNC(=O)c2cccnc2)c1OC. The van der Waals surface area contributed by atoms with Crippen molar-refractivity contribution in [3.05, 3.63) is 53.9 Å². The van der Waals surface area contributed by atoms with E-state index in [-0.39, 0.29) is 18.4 Å². The monoisotopic (exact) mass is 329 g/mol. The molecular formula is C17H19N3O4. The molecule has 0 bridgehead atoms. The van der Waals surface area contributed by atoms with E-state index in [0.717, 1.165) is 0 Å². The summed E-state index contributed by atoms with van der Waals surface area (Å²) in [5.74, 6) is 0.310. The first kappa shape index (κ1) is 17.3. The maximum atomic E-state index is 12.2. The number of para-hydroxylation sites is 1. The van der Waals surface area contributed by atoms with E-state index in [1.165, 1.54) is 20.4 Å². The predicted octanol–water partition coefficient (Wildman–Crippen LogP) is 1.26. The second-order valence-electron chi connectivity index (χ2n) is 4.79. The van der Waals surface area contributed by atoms with Gasteiger partial charge in [0, 0.05) is 25.5 Å². The normalized spacial score (nSPS) is 9.92. The van der Waals surface area contributed by atoms with Crippen molar-refractivity contribution in [2.45, 2.75) is 0 Å². The van der Waals surface area contributed by atoms with Crippen molar-refractivity contribution in [2.75, 3.05) is 27.3 Å². The van der Waals surface area contributed by atoms with Gasteiger partial charge in [-0.25, -0.2) is 0 Å². The minimum absolute atomic E-state index is 0.240. The number of nitrogens with one attached hydrogen (secondary N) is 2. The zero-order chi connectivity index (χ0) is 17.4. The molecule has 2 rings (SSSR count). The van der Waals surface area contributed by atoms with Crippen LogP contribution in [0.5, 0.6) is 11.5 Å². The van der Waals surface area contributed by atoms with Gasteiger partial charge >= 0.3 is 0 Å². The molecule has 0 aliphatic carbocycles. The highest BCUT2D eigenvalue weighted by atomic mass is 16.5. The van der Waals surface area contributed by atoms with Crippen molar-refractivity contribution in [3.63, 3.8) is 0 Å². The van der Waals surface area contributed by atoms with Crippen LogP contribution < -0.4 is 20.1 Å². The van der Waals surface area contributed by atoms with Crippen molar-refractivity contribution < 1.29 is 19.1 Å². The van der Waals surface area contributed by atoms with Gasteiger partial charge in [-0.15, -0.1) is 0 Å². The van der Waals surface area contributed by atoms with Crippen LogP contribution in [0.2, 0.25) is 0 Å². The molecule has 0 radical (unpaired) electrons. The van der Waals surface area contributed by atoms with Crippen molar-refractivity contribution in [1.82, 2.24) is 15.6 Å². The highest BCUT2D eigenvalue weighted by Gasteiger charge is 2.15. The lowest BCUT2D eigenvalue weighted by Gasteiger charge is -2.12. The molecule has 0 saturated heterocycles. The number of hydrogen-bond acceptors (Lipinski definition) is 5. The molecule has 0 spiro atoms. The van der Waals surface area contributed by atoms with Crippen molar-refractivity contribution in [2.24, 2.45) is 0 Å². The van der Waals surface area contributed by atoms with Crippen LogP contribution in [-0.2, 0) is 0 Å². The first-order chi connectivity index (χ1) is 11.7. The summed E-state index contributed by atoms with van der Waals surface area (Å²) in [6, 6.07) is 8.42. The summed E-state index contributed by atoms with van der Waals surface area (Å²) >= 11 is 0. The number of carbonyl (C=O) groups excluding carboxylic acids is 2. The van der Waals surface area contributed by atoms with Crippen LogP contribution >= 0.6 is 0 Å². The highest BCUT2D eigenvalue weighted by Crippen LogP contribution is 2.30. The number of aromatic nitrogens is 1. The number of nitrogens with zero attached hydrogens (tertiary/aromatic N) is 1. The van der Waals surface area contributed by atoms with Gasteiger partial charge in [0.05, 0.1) is 25.3 Å². The van der Waals surface area contributed by atoms with E-state index in [2.05, 4.69) is 15.6 Å². The fourth-order valence-electron chi connectivity index (χ4n) is 2.11.